The molecule has 0 saturated heterocycles. The molecule has 0 bridgehead atoms. The lowest BCUT2D eigenvalue weighted by Crippen LogP contribution is -2.30. The Hall–Kier alpha value is -1.52. The minimum Gasteiger partial charge on any atom is -0.508 e. The molecule has 0 saturated carbocycles. The Morgan fingerprint density at radius 1 is 1.30 bits per heavy atom. The molecule has 2 aromatic rings. The topological polar surface area (TPSA) is 41.5 Å². The molecule has 0 fully saturated rings. The Labute approximate surface area is 124 Å². The molecule has 0 aliphatic rings. The number of rotatable bonds is 6. The van der Waals surface area contributed by atoms with Crippen LogP contribution >= 0.6 is 11.3 Å². The number of hydrogen-bond acceptors (Lipinski definition) is 4. The van der Waals surface area contributed by atoms with E-state index in [1.807, 2.05) is 6.07 Å². The van der Waals surface area contributed by atoms with E-state index < -0.39 is 0 Å². The number of phenols is 1. The fraction of sp³-hybridized carbons (Fsp3) is 0.375. The van der Waals surface area contributed by atoms with Gasteiger partial charge in [0, 0.05) is 22.5 Å². The SMILES string of the molecule is COc1ccc(O)c(C(C)NC(C)Cc2cccs2)c1. The van der Waals surface area contributed by atoms with Crippen LogP contribution in [-0.4, -0.2) is 18.3 Å². The molecule has 2 N–H and O–H groups in total. The van der Waals surface area contributed by atoms with E-state index in [9.17, 15) is 5.11 Å². The summed E-state index contributed by atoms with van der Waals surface area (Å²) in [5.41, 5.74) is 0.863. The molecular formula is C16H21NO2S. The number of benzene rings is 1. The monoisotopic (exact) mass is 291 g/mol. The Kier molecular flexibility index (Phi) is 5.04. The van der Waals surface area contributed by atoms with Gasteiger partial charge in [-0.1, -0.05) is 6.07 Å². The zero-order chi connectivity index (χ0) is 14.5. The van der Waals surface area contributed by atoms with Crippen LogP contribution in [0.2, 0.25) is 0 Å². The van der Waals surface area contributed by atoms with Crippen molar-refractivity contribution < 1.29 is 9.84 Å². The van der Waals surface area contributed by atoms with Crippen LogP contribution in [0.3, 0.4) is 0 Å². The lowest BCUT2D eigenvalue weighted by Gasteiger charge is -2.21. The molecule has 20 heavy (non-hydrogen) atoms. The van der Waals surface area contributed by atoms with Crippen molar-refractivity contribution in [1.29, 1.82) is 0 Å². The van der Waals surface area contributed by atoms with Crippen molar-refractivity contribution in [3.05, 3.63) is 46.2 Å². The van der Waals surface area contributed by atoms with Crippen LogP contribution in [0, 0.1) is 0 Å². The fourth-order valence-corrected chi connectivity index (χ4v) is 3.15. The van der Waals surface area contributed by atoms with Gasteiger partial charge in [0.25, 0.3) is 0 Å². The minimum absolute atomic E-state index is 0.0695. The zero-order valence-corrected chi connectivity index (χ0v) is 12.9. The van der Waals surface area contributed by atoms with Gasteiger partial charge >= 0.3 is 0 Å². The van der Waals surface area contributed by atoms with E-state index in [4.69, 9.17) is 4.74 Å². The third-order valence-corrected chi connectivity index (χ3v) is 4.22. The van der Waals surface area contributed by atoms with Crippen LogP contribution in [0.25, 0.3) is 0 Å². The molecule has 1 aromatic heterocycles. The number of aromatic hydroxyl groups is 1. The first-order valence-electron chi connectivity index (χ1n) is 6.75. The highest BCUT2D eigenvalue weighted by Crippen LogP contribution is 2.28. The first-order chi connectivity index (χ1) is 9.60. The van der Waals surface area contributed by atoms with Crippen LogP contribution in [0.15, 0.2) is 35.7 Å². The van der Waals surface area contributed by atoms with Crippen LogP contribution in [0.1, 0.15) is 30.3 Å². The van der Waals surface area contributed by atoms with Gasteiger partial charge in [-0.2, -0.15) is 0 Å². The normalized spacial score (nSPS) is 13.9. The molecule has 2 atom stereocenters. The van der Waals surface area contributed by atoms with Gasteiger partial charge in [-0.05, 0) is 49.9 Å². The molecule has 4 heteroatoms. The van der Waals surface area contributed by atoms with Gasteiger partial charge in [0.2, 0.25) is 0 Å². The van der Waals surface area contributed by atoms with E-state index in [0.29, 0.717) is 11.8 Å². The second-order valence-electron chi connectivity index (χ2n) is 5.00. The van der Waals surface area contributed by atoms with E-state index in [1.54, 1.807) is 30.6 Å². The fourth-order valence-electron chi connectivity index (χ4n) is 2.31. The molecule has 2 unspecified atom stereocenters. The number of phenolic OH excluding ortho intramolecular Hbond substituents is 1. The maximum Gasteiger partial charge on any atom is 0.120 e. The molecule has 0 radical (unpaired) electrons. The van der Waals surface area contributed by atoms with Crippen molar-refractivity contribution in [3.8, 4) is 11.5 Å². The van der Waals surface area contributed by atoms with Gasteiger partial charge in [-0.3, -0.25) is 0 Å². The summed E-state index contributed by atoms with van der Waals surface area (Å²) in [7, 11) is 1.63. The molecular weight excluding hydrogens is 270 g/mol. The molecule has 0 aliphatic heterocycles. The molecule has 0 amide bonds. The van der Waals surface area contributed by atoms with Crippen molar-refractivity contribution in [2.75, 3.05) is 7.11 Å². The van der Waals surface area contributed by atoms with Crippen LogP contribution in [0.4, 0.5) is 0 Å². The molecule has 0 spiro atoms. The van der Waals surface area contributed by atoms with Crippen molar-refractivity contribution in [2.45, 2.75) is 32.4 Å². The van der Waals surface area contributed by atoms with Gasteiger partial charge in [-0.15, -0.1) is 11.3 Å². The van der Waals surface area contributed by atoms with E-state index in [1.165, 1.54) is 4.88 Å². The van der Waals surface area contributed by atoms with Crippen molar-refractivity contribution in [3.63, 3.8) is 0 Å². The quantitative estimate of drug-likeness (QED) is 0.852. The molecule has 0 aliphatic carbocycles. The lowest BCUT2D eigenvalue weighted by atomic mass is 10.0. The minimum atomic E-state index is 0.0695. The van der Waals surface area contributed by atoms with E-state index in [0.717, 1.165) is 17.7 Å². The van der Waals surface area contributed by atoms with Gasteiger partial charge < -0.3 is 15.2 Å². The van der Waals surface area contributed by atoms with E-state index >= 15 is 0 Å². The maximum atomic E-state index is 9.98. The second-order valence-corrected chi connectivity index (χ2v) is 6.03. The molecule has 3 nitrogen and oxygen atoms in total. The van der Waals surface area contributed by atoms with Crippen LogP contribution < -0.4 is 10.1 Å². The third-order valence-electron chi connectivity index (χ3n) is 3.32. The number of thiophene rings is 1. The summed E-state index contributed by atoms with van der Waals surface area (Å²) < 4.78 is 5.21. The van der Waals surface area contributed by atoms with Gasteiger partial charge in [0.15, 0.2) is 0 Å². The second kappa shape index (κ2) is 6.77. The Balaban J connectivity index is 2.02. The van der Waals surface area contributed by atoms with Gasteiger partial charge in [0.1, 0.15) is 11.5 Å². The van der Waals surface area contributed by atoms with Gasteiger partial charge in [0.05, 0.1) is 7.11 Å². The van der Waals surface area contributed by atoms with Gasteiger partial charge in [-0.25, -0.2) is 0 Å². The van der Waals surface area contributed by atoms with E-state index in [2.05, 4.69) is 36.7 Å². The Morgan fingerprint density at radius 2 is 2.10 bits per heavy atom. The van der Waals surface area contributed by atoms with Crippen LogP contribution in [0.5, 0.6) is 11.5 Å². The molecule has 1 aromatic carbocycles. The Morgan fingerprint density at radius 3 is 2.75 bits per heavy atom. The molecule has 2 rings (SSSR count). The maximum absolute atomic E-state index is 9.98. The van der Waals surface area contributed by atoms with Crippen molar-refractivity contribution >= 4 is 11.3 Å². The summed E-state index contributed by atoms with van der Waals surface area (Å²) in [4.78, 5) is 1.37. The predicted molar refractivity (Wildman–Crippen MR) is 83.7 cm³/mol. The summed E-state index contributed by atoms with van der Waals surface area (Å²) in [5, 5.41) is 15.6. The summed E-state index contributed by atoms with van der Waals surface area (Å²) in [5.74, 6) is 1.06. The van der Waals surface area contributed by atoms with Crippen LogP contribution in [-0.2, 0) is 6.42 Å². The molecule has 108 valence electrons. The predicted octanol–water partition coefficient (Wildman–Crippen LogP) is 3.74. The zero-order valence-electron chi connectivity index (χ0n) is 12.1. The smallest absolute Gasteiger partial charge is 0.120 e. The summed E-state index contributed by atoms with van der Waals surface area (Å²) >= 11 is 1.77. The first-order valence-corrected chi connectivity index (χ1v) is 7.63. The lowest BCUT2D eigenvalue weighted by molar-refractivity contribution is 0.404. The first kappa shape index (κ1) is 14.9. The standard InChI is InChI=1S/C16H21NO2S/c1-11(9-14-5-4-8-20-14)17-12(2)15-10-13(19-3)6-7-16(15)18/h4-8,10-12,17-18H,9H2,1-3H3. The third kappa shape index (κ3) is 3.74. The van der Waals surface area contributed by atoms with Crippen molar-refractivity contribution in [1.82, 2.24) is 5.32 Å². The number of methoxy groups -OCH3 is 1. The highest BCUT2D eigenvalue weighted by atomic mass is 32.1. The largest absolute Gasteiger partial charge is 0.508 e. The highest BCUT2D eigenvalue weighted by molar-refractivity contribution is 7.09. The number of hydrogen-bond donors (Lipinski definition) is 2. The number of nitrogens with one attached hydrogen (secondary N) is 1. The van der Waals surface area contributed by atoms with E-state index in [-0.39, 0.29) is 6.04 Å². The average molecular weight is 291 g/mol. The highest BCUT2D eigenvalue weighted by Gasteiger charge is 2.14. The average Bonchev–Trinajstić information content (AvgIpc) is 2.91. The summed E-state index contributed by atoms with van der Waals surface area (Å²) in [6, 6.07) is 9.96. The van der Waals surface area contributed by atoms with Crippen molar-refractivity contribution in [2.24, 2.45) is 0 Å². The summed E-state index contributed by atoms with van der Waals surface area (Å²) in [6.45, 7) is 4.22. The number of ether oxygens (including phenoxy) is 1. The molecule has 1 heterocycles. The summed E-state index contributed by atoms with van der Waals surface area (Å²) in [6.07, 6.45) is 0.993. The Bertz CT molecular complexity index is 539.